The molecule has 1 aliphatic heterocycles. The molecule has 0 bridgehead atoms. The number of carbonyl (C=O) groups is 1. The molecule has 2 N–H and O–H groups in total. The lowest BCUT2D eigenvalue weighted by Gasteiger charge is -2.13. The van der Waals surface area contributed by atoms with Gasteiger partial charge in [-0.1, -0.05) is 0 Å². The Kier molecular flexibility index (Phi) is 5.82. The van der Waals surface area contributed by atoms with Crippen molar-refractivity contribution in [3.8, 4) is 28.8 Å². The first kappa shape index (κ1) is 23.9. The number of fused-ring (bicyclic) bond motifs is 1. The minimum Gasteiger partial charge on any atom is -0.451 e. The van der Waals surface area contributed by atoms with Gasteiger partial charge >= 0.3 is 5.91 Å². The van der Waals surface area contributed by atoms with Crippen molar-refractivity contribution in [2.24, 2.45) is 0 Å². The number of aromatic nitrogens is 4. The molecule has 37 heavy (non-hydrogen) atoms. The van der Waals surface area contributed by atoms with Crippen molar-refractivity contribution in [2.45, 2.75) is 12.5 Å². The third-order valence-electron chi connectivity index (χ3n) is 5.90. The number of benzene rings is 2. The smallest absolute Gasteiger partial charge is 0.325 e. The van der Waals surface area contributed by atoms with Crippen LogP contribution in [0.15, 0.2) is 30.6 Å². The van der Waals surface area contributed by atoms with Crippen LogP contribution in [0.5, 0.6) is 11.5 Å². The van der Waals surface area contributed by atoms with E-state index in [1.165, 1.54) is 22.0 Å². The Morgan fingerprint density at radius 1 is 1.08 bits per heavy atom. The van der Waals surface area contributed by atoms with E-state index in [2.05, 4.69) is 15.1 Å². The summed E-state index contributed by atoms with van der Waals surface area (Å²) in [6, 6.07) is 4.25. The summed E-state index contributed by atoms with van der Waals surface area (Å²) in [6.07, 6.45) is 1.64. The maximum Gasteiger partial charge on any atom is 0.325 e. The first-order chi connectivity index (χ1) is 17.7. The van der Waals surface area contributed by atoms with Gasteiger partial charge in [0, 0.05) is 30.8 Å². The lowest BCUT2D eigenvalue weighted by Crippen LogP contribution is -2.27. The molecule has 0 saturated carbocycles. The average molecular weight is 515 g/mol. The molecule has 0 spiro atoms. The Bertz CT molecular complexity index is 1590. The van der Waals surface area contributed by atoms with Gasteiger partial charge in [-0.2, -0.15) is 19.1 Å². The third-order valence-corrected chi connectivity index (χ3v) is 5.90. The van der Waals surface area contributed by atoms with Gasteiger partial charge in [0.05, 0.1) is 11.4 Å². The fraction of sp³-hybridized carbons (Fsp3) is 0.174. The van der Waals surface area contributed by atoms with Gasteiger partial charge in [-0.25, -0.2) is 27.8 Å². The maximum absolute atomic E-state index is 15.2. The number of likely N-dealkylation sites (tertiary alicyclic amines) is 1. The predicted molar refractivity (Wildman–Crippen MR) is 117 cm³/mol. The zero-order chi connectivity index (χ0) is 26.4. The Morgan fingerprint density at radius 3 is 2.49 bits per heavy atom. The SMILES string of the molecule is N#CC(=O)N1CCC(n2nc(-c3ccc(Oc4c(F)c(F)cc(F)c4F)cc3F)c3c(N)ncnc32)C1. The average Bonchev–Trinajstić information content (AvgIpc) is 3.51. The zero-order valence-electron chi connectivity index (χ0n) is 18.6. The standard InChI is InChI=1S/C23H14F5N7O2/c24-13-5-11(37-21-18(27)14(25)6-15(26)19(21)28)1-2-12(13)20-17-22(30)31-9-32-23(17)35(33-20)10-3-4-34(8-10)16(36)7-29/h1-2,5-6,9-10H,3-4,8H2,(H2,30,31,32). The van der Waals surface area contributed by atoms with E-state index in [1.807, 2.05) is 0 Å². The van der Waals surface area contributed by atoms with Crippen molar-refractivity contribution in [2.75, 3.05) is 18.8 Å². The Morgan fingerprint density at radius 2 is 1.81 bits per heavy atom. The lowest BCUT2D eigenvalue weighted by atomic mass is 10.1. The second-order valence-electron chi connectivity index (χ2n) is 8.10. The van der Waals surface area contributed by atoms with Crippen LogP contribution in [-0.2, 0) is 4.79 Å². The number of ether oxygens (including phenoxy) is 1. The molecule has 3 heterocycles. The number of halogens is 5. The molecule has 5 rings (SSSR count). The molecule has 2 aromatic heterocycles. The topological polar surface area (TPSA) is 123 Å². The molecule has 4 aromatic rings. The van der Waals surface area contributed by atoms with E-state index in [0.29, 0.717) is 13.0 Å². The number of nitriles is 1. The van der Waals surface area contributed by atoms with Crippen LogP contribution in [0.4, 0.5) is 27.8 Å². The van der Waals surface area contributed by atoms with E-state index in [4.69, 9.17) is 15.7 Å². The van der Waals surface area contributed by atoms with Crippen molar-refractivity contribution in [1.82, 2.24) is 24.6 Å². The van der Waals surface area contributed by atoms with E-state index < -0.39 is 46.5 Å². The molecule has 188 valence electrons. The monoisotopic (exact) mass is 515 g/mol. The zero-order valence-corrected chi connectivity index (χ0v) is 18.6. The summed E-state index contributed by atoms with van der Waals surface area (Å²) in [5, 5.41) is 13.6. The predicted octanol–water partition coefficient (Wildman–Crippen LogP) is 3.86. The molecule has 1 fully saturated rings. The Balaban J connectivity index is 1.54. The van der Waals surface area contributed by atoms with Crippen molar-refractivity contribution in [3.05, 3.63) is 59.7 Å². The largest absolute Gasteiger partial charge is 0.451 e. The fourth-order valence-corrected chi connectivity index (χ4v) is 4.15. The van der Waals surface area contributed by atoms with Crippen molar-refractivity contribution in [3.63, 3.8) is 0 Å². The number of nitrogen functional groups attached to an aromatic ring is 1. The van der Waals surface area contributed by atoms with Crippen molar-refractivity contribution in [1.29, 1.82) is 5.26 Å². The molecule has 1 unspecified atom stereocenters. The highest BCUT2D eigenvalue weighted by Crippen LogP contribution is 2.37. The van der Waals surface area contributed by atoms with Crippen LogP contribution in [0.1, 0.15) is 12.5 Å². The molecule has 2 aromatic carbocycles. The van der Waals surface area contributed by atoms with Crippen LogP contribution in [0.3, 0.4) is 0 Å². The number of amides is 1. The van der Waals surface area contributed by atoms with Crippen LogP contribution >= 0.6 is 0 Å². The lowest BCUT2D eigenvalue weighted by molar-refractivity contribution is -0.124. The maximum atomic E-state index is 15.2. The van der Waals surface area contributed by atoms with Gasteiger partial charge in [-0.05, 0) is 18.6 Å². The molecular weight excluding hydrogens is 501 g/mol. The molecule has 1 atom stereocenters. The second kappa shape index (κ2) is 9.01. The summed E-state index contributed by atoms with van der Waals surface area (Å²) < 4.78 is 76.5. The quantitative estimate of drug-likeness (QED) is 0.249. The van der Waals surface area contributed by atoms with E-state index >= 15 is 4.39 Å². The number of anilines is 1. The summed E-state index contributed by atoms with van der Waals surface area (Å²) in [4.78, 5) is 21.2. The van der Waals surface area contributed by atoms with Gasteiger partial charge in [0.15, 0.2) is 23.4 Å². The highest BCUT2D eigenvalue weighted by atomic mass is 19.2. The van der Waals surface area contributed by atoms with Gasteiger partial charge in [0.1, 0.15) is 29.4 Å². The molecule has 14 heteroatoms. The summed E-state index contributed by atoms with van der Waals surface area (Å²) >= 11 is 0. The fourth-order valence-electron chi connectivity index (χ4n) is 4.15. The van der Waals surface area contributed by atoms with E-state index in [9.17, 15) is 22.4 Å². The number of carbonyl (C=O) groups excluding carboxylic acids is 1. The minimum atomic E-state index is -1.78. The van der Waals surface area contributed by atoms with E-state index in [-0.39, 0.29) is 46.8 Å². The number of rotatable bonds is 4. The van der Waals surface area contributed by atoms with Crippen LogP contribution in [0.2, 0.25) is 0 Å². The Hall–Kier alpha value is -4.80. The van der Waals surface area contributed by atoms with Crippen LogP contribution in [0.25, 0.3) is 22.3 Å². The summed E-state index contributed by atoms with van der Waals surface area (Å²) in [5.41, 5.74) is 6.23. The Labute approximate surface area is 204 Å². The molecule has 0 radical (unpaired) electrons. The first-order valence-electron chi connectivity index (χ1n) is 10.7. The van der Waals surface area contributed by atoms with Gasteiger partial charge in [-0.3, -0.25) is 4.79 Å². The molecule has 1 aliphatic rings. The van der Waals surface area contributed by atoms with Gasteiger partial charge < -0.3 is 15.4 Å². The first-order valence-corrected chi connectivity index (χ1v) is 10.7. The second-order valence-corrected chi connectivity index (χ2v) is 8.10. The van der Waals surface area contributed by atoms with E-state index in [1.54, 1.807) is 6.07 Å². The van der Waals surface area contributed by atoms with Gasteiger partial charge in [0.2, 0.25) is 17.4 Å². The normalized spacial score (nSPS) is 15.2. The van der Waals surface area contributed by atoms with Crippen LogP contribution < -0.4 is 10.5 Å². The number of nitrogens with zero attached hydrogens (tertiary/aromatic N) is 6. The van der Waals surface area contributed by atoms with Crippen LogP contribution in [-0.4, -0.2) is 43.6 Å². The van der Waals surface area contributed by atoms with Gasteiger partial charge in [-0.15, -0.1) is 0 Å². The summed E-state index contributed by atoms with van der Waals surface area (Å²) in [6.45, 7) is 0.478. The molecular formula is C23H14F5N7O2. The van der Waals surface area contributed by atoms with Crippen molar-refractivity contribution >= 4 is 22.8 Å². The number of hydrogen-bond acceptors (Lipinski definition) is 7. The highest BCUT2D eigenvalue weighted by Gasteiger charge is 2.31. The molecule has 9 nitrogen and oxygen atoms in total. The van der Waals surface area contributed by atoms with E-state index in [0.717, 1.165) is 12.1 Å². The number of nitrogens with two attached hydrogens (primary N) is 1. The minimum absolute atomic E-state index is 0.00620. The molecule has 1 amide bonds. The summed E-state index contributed by atoms with van der Waals surface area (Å²) in [5.74, 6) is -10.4. The van der Waals surface area contributed by atoms with Crippen molar-refractivity contribution < 1.29 is 31.5 Å². The summed E-state index contributed by atoms with van der Waals surface area (Å²) in [7, 11) is 0. The molecule has 0 aliphatic carbocycles. The van der Waals surface area contributed by atoms with Crippen LogP contribution in [0, 0.1) is 40.4 Å². The number of hydrogen-bond donors (Lipinski definition) is 1. The van der Waals surface area contributed by atoms with Gasteiger partial charge in [0.25, 0.3) is 0 Å². The molecule has 1 saturated heterocycles. The third kappa shape index (κ3) is 4.03. The highest BCUT2D eigenvalue weighted by molar-refractivity contribution is 5.98.